The first-order valence-electron chi connectivity index (χ1n) is 3.94. The van der Waals surface area contributed by atoms with Gasteiger partial charge in [-0.15, -0.1) is 0 Å². The van der Waals surface area contributed by atoms with Crippen LogP contribution in [0.1, 0.15) is 31.8 Å². The highest BCUT2D eigenvalue weighted by atomic mass is 16.3. The summed E-state index contributed by atoms with van der Waals surface area (Å²) in [6.07, 6.45) is 1.82. The molecule has 0 unspecified atom stereocenters. The van der Waals surface area contributed by atoms with Gasteiger partial charge in [0.15, 0.2) is 5.76 Å². The first-order valence-corrected chi connectivity index (χ1v) is 3.94. The van der Waals surface area contributed by atoms with Gasteiger partial charge in [-0.3, -0.25) is 0 Å². The maximum Gasteiger partial charge on any atom is 0.177 e. The van der Waals surface area contributed by atoms with Gasteiger partial charge >= 0.3 is 0 Å². The molecule has 0 atom stereocenters. The van der Waals surface area contributed by atoms with Crippen molar-refractivity contribution < 1.29 is 4.42 Å². The molecule has 0 saturated heterocycles. The molecule has 0 aliphatic carbocycles. The van der Waals surface area contributed by atoms with E-state index in [0.29, 0.717) is 0 Å². The molecule has 0 N–H and O–H groups in total. The summed E-state index contributed by atoms with van der Waals surface area (Å²) in [5, 5.41) is 0. The lowest BCUT2D eigenvalue weighted by Gasteiger charge is -1.83. The van der Waals surface area contributed by atoms with E-state index >= 15 is 0 Å². The fourth-order valence-electron chi connectivity index (χ4n) is 0.811. The Morgan fingerprint density at radius 3 is 2.73 bits per heavy atom. The highest BCUT2D eigenvalue weighted by Gasteiger charge is 1.94. The lowest BCUT2D eigenvalue weighted by molar-refractivity contribution is 0.505. The number of hydrogen-bond acceptors (Lipinski definition) is 1. The average molecular weight is 148 g/mol. The molecule has 1 heterocycles. The van der Waals surface area contributed by atoms with Crippen LogP contribution in [0.2, 0.25) is 0 Å². The fraction of sp³-hybridized carbons (Fsp3) is 0.400. The van der Waals surface area contributed by atoms with Gasteiger partial charge in [-0.2, -0.15) is 0 Å². The summed E-state index contributed by atoms with van der Waals surface area (Å²) in [4.78, 5) is 0. The monoisotopic (exact) mass is 148 g/mol. The molecule has 1 aromatic heterocycles. The molecule has 1 heteroatoms. The van der Waals surface area contributed by atoms with E-state index in [1.54, 1.807) is 0 Å². The molecule has 1 nitrogen and oxygen atoms in total. The fourth-order valence-corrected chi connectivity index (χ4v) is 0.811. The van der Waals surface area contributed by atoms with Crippen molar-refractivity contribution in [3.63, 3.8) is 0 Å². The van der Waals surface area contributed by atoms with E-state index in [4.69, 9.17) is 4.42 Å². The molecule has 0 aromatic carbocycles. The molecule has 0 aliphatic rings. The highest BCUT2D eigenvalue weighted by Crippen LogP contribution is 2.06. The molecule has 0 spiro atoms. The minimum atomic E-state index is 0.781. The third kappa shape index (κ3) is 2.16. The molecule has 0 saturated carbocycles. The summed E-state index contributed by atoms with van der Waals surface area (Å²) in [6, 6.07) is 3.89. The SMILES string of the molecule is CCC#Cc1ccc(CC)o1. The standard InChI is InChI=1S/C10H12O/c1-3-5-6-10-8-7-9(4-2)11-10/h7-8H,3-4H2,1-2H3. The summed E-state index contributed by atoms with van der Waals surface area (Å²) < 4.78 is 5.36. The maximum atomic E-state index is 5.36. The van der Waals surface area contributed by atoms with Gasteiger partial charge in [-0.25, -0.2) is 0 Å². The van der Waals surface area contributed by atoms with E-state index in [9.17, 15) is 0 Å². The Morgan fingerprint density at radius 2 is 2.18 bits per heavy atom. The van der Waals surface area contributed by atoms with Crippen molar-refractivity contribution in [2.24, 2.45) is 0 Å². The van der Waals surface area contributed by atoms with Crippen LogP contribution in [0.4, 0.5) is 0 Å². The van der Waals surface area contributed by atoms with Crippen LogP contribution in [-0.2, 0) is 6.42 Å². The zero-order valence-corrected chi connectivity index (χ0v) is 6.98. The summed E-state index contributed by atoms with van der Waals surface area (Å²) in [5.41, 5.74) is 0. The first-order chi connectivity index (χ1) is 5.36. The minimum absolute atomic E-state index is 0.781. The third-order valence-corrected chi connectivity index (χ3v) is 1.40. The third-order valence-electron chi connectivity index (χ3n) is 1.40. The molecule has 1 aromatic rings. The number of hydrogen-bond donors (Lipinski definition) is 0. The van der Waals surface area contributed by atoms with E-state index < -0.39 is 0 Å². The van der Waals surface area contributed by atoms with Crippen LogP contribution >= 0.6 is 0 Å². The summed E-state index contributed by atoms with van der Waals surface area (Å²) in [5.74, 6) is 7.68. The van der Waals surface area contributed by atoms with E-state index in [0.717, 1.165) is 24.4 Å². The second-order valence-electron chi connectivity index (χ2n) is 2.27. The second kappa shape index (κ2) is 3.88. The zero-order chi connectivity index (χ0) is 8.10. The van der Waals surface area contributed by atoms with Crippen molar-refractivity contribution in [3.05, 3.63) is 23.7 Å². The van der Waals surface area contributed by atoms with E-state index in [2.05, 4.69) is 18.8 Å². The van der Waals surface area contributed by atoms with Gasteiger partial charge < -0.3 is 4.42 Å². The first kappa shape index (κ1) is 7.94. The van der Waals surface area contributed by atoms with Crippen LogP contribution in [0.3, 0.4) is 0 Å². The molecule has 0 bridgehead atoms. The summed E-state index contributed by atoms with van der Waals surface area (Å²) in [6.45, 7) is 4.09. The Balaban J connectivity index is 2.72. The van der Waals surface area contributed by atoms with Gasteiger partial charge in [0.1, 0.15) is 5.76 Å². The predicted octanol–water partition coefficient (Wildman–Crippen LogP) is 2.60. The molecular weight excluding hydrogens is 136 g/mol. The minimum Gasteiger partial charge on any atom is -0.453 e. The number of rotatable bonds is 1. The van der Waals surface area contributed by atoms with Gasteiger partial charge in [-0.1, -0.05) is 19.8 Å². The van der Waals surface area contributed by atoms with E-state index in [1.807, 2.05) is 19.1 Å². The molecule has 11 heavy (non-hydrogen) atoms. The average Bonchev–Trinajstić information content (AvgIpc) is 2.48. The zero-order valence-electron chi connectivity index (χ0n) is 6.98. The van der Waals surface area contributed by atoms with Gasteiger partial charge in [0.05, 0.1) is 0 Å². The molecule has 0 amide bonds. The van der Waals surface area contributed by atoms with Crippen LogP contribution in [-0.4, -0.2) is 0 Å². The Morgan fingerprint density at radius 1 is 1.36 bits per heavy atom. The predicted molar refractivity (Wildman–Crippen MR) is 45.3 cm³/mol. The quantitative estimate of drug-likeness (QED) is 0.558. The Bertz CT molecular complexity index is 273. The van der Waals surface area contributed by atoms with Crippen LogP contribution in [0.15, 0.2) is 16.5 Å². The highest BCUT2D eigenvalue weighted by molar-refractivity contribution is 5.26. The lowest BCUT2D eigenvalue weighted by Crippen LogP contribution is -1.69. The van der Waals surface area contributed by atoms with Crippen LogP contribution in [0.25, 0.3) is 0 Å². The molecular formula is C10H12O. The number of furan rings is 1. The molecule has 0 fully saturated rings. The topological polar surface area (TPSA) is 13.1 Å². The van der Waals surface area contributed by atoms with Gasteiger partial charge in [0, 0.05) is 12.8 Å². The van der Waals surface area contributed by atoms with Crippen molar-refractivity contribution in [2.75, 3.05) is 0 Å². The van der Waals surface area contributed by atoms with Crippen molar-refractivity contribution >= 4 is 0 Å². The van der Waals surface area contributed by atoms with Crippen LogP contribution in [0.5, 0.6) is 0 Å². The van der Waals surface area contributed by atoms with Crippen molar-refractivity contribution in [1.82, 2.24) is 0 Å². The second-order valence-corrected chi connectivity index (χ2v) is 2.27. The van der Waals surface area contributed by atoms with E-state index in [-0.39, 0.29) is 0 Å². The summed E-state index contributed by atoms with van der Waals surface area (Å²) >= 11 is 0. The van der Waals surface area contributed by atoms with Crippen molar-refractivity contribution in [1.29, 1.82) is 0 Å². The van der Waals surface area contributed by atoms with Crippen LogP contribution in [0, 0.1) is 11.8 Å². The van der Waals surface area contributed by atoms with Gasteiger partial charge in [0.25, 0.3) is 0 Å². The largest absolute Gasteiger partial charge is 0.453 e. The molecule has 58 valence electrons. The van der Waals surface area contributed by atoms with Gasteiger partial charge in [0.2, 0.25) is 0 Å². The Labute approximate surface area is 67.4 Å². The van der Waals surface area contributed by atoms with Crippen LogP contribution < -0.4 is 0 Å². The van der Waals surface area contributed by atoms with E-state index in [1.165, 1.54) is 0 Å². The molecule has 0 radical (unpaired) electrons. The maximum absolute atomic E-state index is 5.36. The molecule has 1 rings (SSSR count). The van der Waals surface area contributed by atoms with Crippen molar-refractivity contribution in [2.45, 2.75) is 26.7 Å². The van der Waals surface area contributed by atoms with Gasteiger partial charge in [-0.05, 0) is 18.1 Å². The molecule has 0 aliphatic heterocycles. The number of aryl methyl sites for hydroxylation is 1. The normalized spacial score (nSPS) is 8.91. The Kier molecular flexibility index (Phi) is 2.80. The van der Waals surface area contributed by atoms with Crippen molar-refractivity contribution in [3.8, 4) is 11.8 Å². The summed E-state index contributed by atoms with van der Waals surface area (Å²) in [7, 11) is 0. The smallest absolute Gasteiger partial charge is 0.177 e. The Hall–Kier alpha value is -1.16. The lowest BCUT2D eigenvalue weighted by atomic mass is 10.3.